The van der Waals surface area contributed by atoms with E-state index >= 15 is 0 Å². The van der Waals surface area contributed by atoms with E-state index in [0.29, 0.717) is 18.1 Å². The molecule has 0 saturated carbocycles. The molecule has 0 bridgehead atoms. The van der Waals surface area contributed by atoms with Gasteiger partial charge in [-0.1, -0.05) is 23.7 Å². The molecule has 0 aliphatic heterocycles. The van der Waals surface area contributed by atoms with Crippen molar-refractivity contribution in [3.05, 3.63) is 34.9 Å². The highest BCUT2D eigenvalue weighted by Crippen LogP contribution is 2.11. The predicted molar refractivity (Wildman–Crippen MR) is 75.6 cm³/mol. The lowest BCUT2D eigenvalue weighted by Gasteiger charge is -2.16. The standard InChI is InChI=1S/C14H18ClNO4/c1-3-20-9-13(17)16-12(14(18)19-2)8-10-4-6-11(15)7-5-10/h4-7,12H,3,8-9H2,1-2H3,(H,16,17)/t12-/m0/s1. The van der Waals surface area contributed by atoms with Crippen LogP contribution in [0.15, 0.2) is 24.3 Å². The molecule has 20 heavy (non-hydrogen) atoms. The summed E-state index contributed by atoms with van der Waals surface area (Å²) in [5.74, 6) is -0.846. The average molecular weight is 300 g/mol. The Bertz CT molecular complexity index is 447. The Morgan fingerprint density at radius 1 is 1.30 bits per heavy atom. The van der Waals surface area contributed by atoms with Gasteiger partial charge in [-0.25, -0.2) is 4.79 Å². The van der Waals surface area contributed by atoms with Gasteiger partial charge in [-0.3, -0.25) is 4.79 Å². The third-order valence-electron chi connectivity index (χ3n) is 2.61. The fourth-order valence-electron chi connectivity index (χ4n) is 1.62. The number of carbonyl (C=O) groups excluding carboxylic acids is 2. The van der Waals surface area contributed by atoms with Crippen LogP contribution in [0.2, 0.25) is 5.02 Å². The summed E-state index contributed by atoms with van der Waals surface area (Å²) in [6.07, 6.45) is 0.335. The van der Waals surface area contributed by atoms with E-state index in [1.165, 1.54) is 7.11 Å². The van der Waals surface area contributed by atoms with Gasteiger partial charge in [0.25, 0.3) is 0 Å². The molecule has 0 aromatic heterocycles. The second-order valence-corrected chi connectivity index (χ2v) is 4.55. The van der Waals surface area contributed by atoms with Crippen LogP contribution < -0.4 is 5.32 Å². The van der Waals surface area contributed by atoms with Gasteiger partial charge in [-0.2, -0.15) is 0 Å². The Hall–Kier alpha value is -1.59. The number of amides is 1. The number of nitrogens with one attached hydrogen (secondary N) is 1. The highest BCUT2D eigenvalue weighted by molar-refractivity contribution is 6.30. The third kappa shape index (κ3) is 5.59. The number of methoxy groups -OCH3 is 1. The second kappa shape index (κ2) is 8.55. The fraction of sp³-hybridized carbons (Fsp3) is 0.429. The Morgan fingerprint density at radius 2 is 1.95 bits per heavy atom. The van der Waals surface area contributed by atoms with E-state index in [1.54, 1.807) is 31.2 Å². The summed E-state index contributed by atoms with van der Waals surface area (Å²) in [7, 11) is 1.28. The van der Waals surface area contributed by atoms with Crippen molar-refractivity contribution in [3.63, 3.8) is 0 Å². The van der Waals surface area contributed by atoms with Gasteiger partial charge >= 0.3 is 5.97 Å². The summed E-state index contributed by atoms with van der Waals surface area (Å²) in [5, 5.41) is 3.21. The van der Waals surface area contributed by atoms with Crippen LogP contribution in [-0.2, 0) is 25.5 Å². The molecule has 0 spiro atoms. The van der Waals surface area contributed by atoms with Crippen molar-refractivity contribution >= 4 is 23.5 Å². The zero-order valence-electron chi connectivity index (χ0n) is 11.5. The number of halogens is 1. The monoisotopic (exact) mass is 299 g/mol. The maximum absolute atomic E-state index is 11.7. The van der Waals surface area contributed by atoms with Crippen LogP contribution in [0.5, 0.6) is 0 Å². The first kappa shape index (κ1) is 16.5. The van der Waals surface area contributed by atoms with Crippen LogP contribution in [0.4, 0.5) is 0 Å². The van der Waals surface area contributed by atoms with Crippen molar-refractivity contribution in [1.82, 2.24) is 5.32 Å². The Balaban J connectivity index is 2.67. The first-order valence-corrected chi connectivity index (χ1v) is 6.64. The normalized spacial score (nSPS) is 11.8. The molecular weight excluding hydrogens is 282 g/mol. The molecule has 1 amide bonds. The van der Waals surface area contributed by atoms with E-state index in [9.17, 15) is 9.59 Å². The van der Waals surface area contributed by atoms with Crippen LogP contribution in [0.3, 0.4) is 0 Å². The van der Waals surface area contributed by atoms with Crippen LogP contribution in [-0.4, -0.2) is 38.2 Å². The van der Waals surface area contributed by atoms with E-state index in [4.69, 9.17) is 21.1 Å². The quantitative estimate of drug-likeness (QED) is 0.776. The van der Waals surface area contributed by atoms with Crippen LogP contribution in [0.1, 0.15) is 12.5 Å². The zero-order chi connectivity index (χ0) is 15.0. The van der Waals surface area contributed by atoms with Gasteiger partial charge in [0.1, 0.15) is 12.6 Å². The van der Waals surface area contributed by atoms with Crippen LogP contribution in [0.25, 0.3) is 0 Å². The van der Waals surface area contributed by atoms with Crippen molar-refractivity contribution in [2.75, 3.05) is 20.3 Å². The van der Waals surface area contributed by atoms with E-state index in [-0.39, 0.29) is 12.5 Å². The smallest absolute Gasteiger partial charge is 0.328 e. The minimum absolute atomic E-state index is 0.0788. The maximum Gasteiger partial charge on any atom is 0.328 e. The Morgan fingerprint density at radius 3 is 2.50 bits per heavy atom. The fourth-order valence-corrected chi connectivity index (χ4v) is 1.75. The van der Waals surface area contributed by atoms with Gasteiger partial charge in [-0.15, -0.1) is 0 Å². The molecule has 110 valence electrons. The van der Waals surface area contributed by atoms with Gasteiger partial charge in [0.15, 0.2) is 0 Å². The highest BCUT2D eigenvalue weighted by Gasteiger charge is 2.21. The molecule has 0 saturated heterocycles. The highest BCUT2D eigenvalue weighted by atomic mass is 35.5. The number of hydrogen-bond donors (Lipinski definition) is 1. The maximum atomic E-state index is 11.7. The Labute approximate surface area is 123 Å². The summed E-state index contributed by atoms with van der Waals surface area (Å²) in [6.45, 7) is 2.15. The van der Waals surface area contributed by atoms with Crippen molar-refractivity contribution in [3.8, 4) is 0 Å². The molecule has 5 nitrogen and oxygen atoms in total. The van der Waals surface area contributed by atoms with E-state index in [2.05, 4.69) is 5.32 Å². The minimum atomic E-state index is -0.742. The number of ether oxygens (including phenoxy) is 2. The summed E-state index contributed by atoms with van der Waals surface area (Å²) in [4.78, 5) is 23.3. The van der Waals surface area contributed by atoms with Crippen LogP contribution in [0, 0.1) is 0 Å². The van der Waals surface area contributed by atoms with Gasteiger partial charge in [0.05, 0.1) is 7.11 Å². The molecule has 0 aliphatic rings. The van der Waals surface area contributed by atoms with E-state index in [1.807, 2.05) is 0 Å². The first-order chi connectivity index (χ1) is 9.56. The van der Waals surface area contributed by atoms with Crippen LogP contribution >= 0.6 is 11.6 Å². The van der Waals surface area contributed by atoms with Crippen molar-refractivity contribution in [2.24, 2.45) is 0 Å². The number of carbonyl (C=O) groups is 2. The van der Waals surface area contributed by atoms with E-state index in [0.717, 1.165) is 5.56 Å². The average Bonchev–Trinajstić information content (AvgIpc) is 2.45. The zero-order valence-corrected chi connectivity index (χ0v) is 12.3. The molecule has 0 aliphatic carbocycles. The molecule has 0 fully saturated rings. The molecule has 0 heterocycles. The van der Waals surface area contributed by atoms with E-state index < -0.39 is 12.0 Å². The molecule has 1 atom stereocenters. The third-order valence-corrected chi connectivity index (χ3v) is 2.86. The van der Waals surface area contributed by atoms with Gasteiger partial charge in [-0.05, 0) is 24.6 Å². The lowest BCUT2D eigenvalue weighted by molar-refractivity contribution is -0.145. The molecule has 0 unspecified atom stereocenters. The molecule has 0 radical (unpaired) electrons. The number of esters is 1. The first-order valence-electron chi connectivity index (χ1n) is 6.26. The number of rotatable bonds is 7. The molecule has 1 rings (SSSR count). The minimum Gasteiger partial charge on any atom is -0.467 e. The lowest BCUT2D eigenvalue weighted by atomic mass is 10.1. The molecule has 1 aromatic carbocycles. The van der Waals surface area contributed by atoms with Gasteiger partial charge < -0.3 is 14.8 Å². The second-order valence-electron chi connectivity index (χ2n) is 4.11. The molecular formula is C14H18ClNO4. The number of hydrogen-bond acceptors (Lipinski definition) is 4. The largest absolute Gasteiger partial charge is 0.467 e. The SMILES string of the molecule is CCOCC(=O)N[C@@H](Cc1ccc(Cl)cc1)C(=O)OC. The van der Waals surface area contributed by atoms with Crippen molar-refractivity contribution in [2.45, 2.75) is 19.4 Å². The summed E-state index contributed by atoms with van der Waals surface area (Å²) >= 11 is 5.80. The number of benzene rings is 1. The molecule has 1 aromatic rings. The topological polar surface area (TPSA) is 64.6 Å². The lowest BCUT2D eigenvalue weighted by Crippen LogP contribution is -2.44. The van der Waals surface area contributed by atoms with Gasteiger partial charge in [0.2, 0.25) is 5.91 Å². The molecule has 1 N–H and O–H groups in total. The predicted octanol–water partition coefficient (Wildman–Crippen LogP) is 1.58. The Kier molecular flexibility index (Phi) is 7.04. The summed E-state index contributed by atoms with van der Waals surface area (Å²) in [5.41, 5.74) is 0.876. The summed E-state index contributed by atoms with van der Waals surface area (Å²) < 4.78 is 9.69. The van der Waals surface area contributed by atoms with Gasteiger partial charge in [0, 0.05) is 18.1 Å². The molecule has 6 heteroatoms. The van der Waals surface area contributed by atoms with Crippen molar-refractivity contribution in [1.29, 1.82) is 0 Å². The van der Waals surface area contributed by atoms with Crippen molar-refractivity contribution < 1.29 is 19.1 Å². The summed E-state index contributed by atoms with van der Waals surface area (Å²) in [6, 6.07) is 6.31.